The number of benzene rings is 1. The van der Waals surface area contributed by atoms with Crippen molar-refractivity contribution in [2.45, 2.75) is 0 Å². The van der Waals surface area contributed by atoms with Gasteiger partial charge in [0.05, 0.1) is 5.56 Å². The molecule has 0 atom stereocenters. The van der Waals surface area contributed by atoms with E-state index in [1.807, 2.05) is 24.3 Å². The van der Waals surface area contributed by atoms with E-state index < -0.39 is 5.69 Å². The van der Waals surface area contributed by atoms with E-state index in [-0.39, 0.29) is 5.56 Å². The van der Waals surface area contributed by atoms with Gasteiger partial charge >= 0.3 is 5.69 Å². The molecule has 0 aliphatic carbocycles. The lowest BCUT2D eigenvalue weighted by molar-refractivity contribution is 1.05. The number of nitrogens with one attached hydrogen (secondary N) is 1. The van der Waals surface area contributed by atoms with Gasteiger partial charge in [0.25, 0.3) is 5.56 Å². The second-order valence-electron chi connectivity index (χ2n) is 3.37. The van der Waals surface area contributed by atoms with Crippen molar-refractivity contribution in [3.8, 4) is 10.6 Å². The van der Waals surface area contributed by atoms with E-state index in [2.05, 4.69) is 9.97 Å². The van der Waals surface area contributed by atoms with Crippen LogP contribution >= 0.6 is 11.3 Å². The quantitative estimate of drug-likeness (QED) is 0.594. The highest BCUT2D eigenvalue weighted by Gasteiger charge is 2.11. The van der Waals surface area contributed by atoms with Crippen LogP contribution in [-0.2, 0) is 0 Å². The molecule has 78 valence electrons. The lowest BCUT2D eigenvalue weighted by Crippen LogP contribution is -2.24. The SMILES string of the molecule is O=c1nc2sc3ccccc3cc-2c(=O)[nH]1. The minimum Gasteiger partial charge on any atom is -0.272 e. The smallest absolute Gasteiger partial charge is 0.272 e. The third-order valence-electron chi connectivity index (χ3n) is 2.32. The van der Waals surface area contributed by atoms with E-state index in [0.717, 1.165) is 10.1 Å². The Morgan fingerprint density at radius 2 is 2.00 bits per heavy atom. The van der Waals surface area contributed by atoms with Crippen LogP contribution in [-0.4, -0.2) is 9.97 Å². The van der Waals surface area contributed by atoms with Crippen molar-refractivity contribution in [2.75, 3.05) is 0 Å². The molecule has 1 aromatic carbocycles. The van der Waals surface area contributed by atoms with E-state index in [9.17, 15) is 9.59 Å². The zero-order valence-electron chi connectivity index (χ0n) is 8.06. The normalized spacial score (nSPS) is 11.0. The summed E-state index contributed by atoms with van der Waals surface area (Å²) in [5.41, 5.74) is -0.510. The predicted molar refractivity (Wildman–Crippen MR) is 63.1 cm³/mol. The minimum atomic E-state index is -0.593. The van der Waals surface area contributed by atoms with Crippen molar-refractivity contribution in [1.82, 2.24) is 9.97 Å². The molecular weight excluding hydrogens is 224 g/mol. The minimum absolute atomic E-state index is 0.378. The van der Waals surface area contributed by atoms with Crippen molar-refractivity contribution in [3.05, 3.63) is 51.2 Å². The molecule has 2 aliphatic rings. The Balaban J connectivity index is 2.57. The van der Waals surface area contributed by atoms with Crippen LogP contribution in [0.2, 0.25) is 0 Å². The average Bonchev–Trinajstić information content (AvgIpc) is 2.27. The van der Waals surface area contributed by atoms with E-state index in [1.54, 1.807) is 6.07 Å². The lowest BCUT2D eigenvalue weighted by atomic mass is 10.2. The van der Waals surface area contributed by atoms with Crippen LogP contribution in [0.15, 0.2) is 39.9 Å². The monoisotopic (exact) mass is 230 g/mol. The highest BCUT2D eigenvalue weighted by atomic mass is 32.1. The molecule has 1 aromatic rings. The van der Waals surface area contributed by atoms with Crippen LogP contribution in [0.1, 0.15) is 0 Å². The summed E-state index contributed by atoms with van der Waals surface area (Å²) < 4.78 is 1.01. The molecule has 5 heteroatoms. The molecule has 0 radical (unpaired) electrons. The summed E-state index contributed by atoms with van der Waals surface area (Å²) in [7, 11) is 0. The average molecular weight is 230 g/mol. The number of hydrogen-bond donors (Lipinski definition) is 1. The summed E-state index contributed by atoms with van der Waals surface area (Å²) in [6, 6.07) is 9.44. The van der Waals surface area contributed by atoms with Gasteiger partial charge in [0.15, 0.2) is 0 Å². The van der Waals surface area contributed by atoms with Crippen LogP contribution in [0.25, 0.3) is 20.7 Å². The van der Waals surface area contributed by atoms with Crippen molar-refractivity contribution in [2.24, 2.45) is 0 Å². The van der Waals surface area contributed by atoms with Gasteiger partial charge in [-0.05, 0) is 17.5 Å². The standard InChI is InChI=1S/C11H6N2O2S/c14-9-7-5-6-3-1-2-4-8(6)16-10(7)13-11(15)12-9/h1-5H,(H,12,14,15). The second kappa shape index (κ2) is 3.24. The molecule has 0 fully saturated rings. The fourth-order valence-corrected chi connectivity index (χ4v) is 2.59. The Hall–Kier alpha value is -2.01. The van der Waals surface area contributed by atoms with Crippen LogP contribution in [0, 0.1) is 0 Å². The van der Waals surface area contributed by atoms with Crippen molar-refractivity contribution >= 4 is 21.4 Å². The molecule has 2 heterocycles. The molecule has 4 nitrogen and oxygen atoms in total. The first-order valence-electron chi connectivity index (χ1n) is 4.67. The molecule has 1 N–H and O–H groups in total. The third kappa shape index (κ3) is 1.33. The summed E-state index contributed by atoms with van der Waals surface area (Å²) >= 11 is 1.35. The van der Waals surface area contributed by atoms with Crippen molar-refractivity contribution in [3.63, 3.8) is 0 Å². The molecule has 0 unspecified atom stereocenters. The second-order valence-corrected chi connectivity index (χ2v) is 4.40. The fourth-order valence-electron chi connectivity index (χ4n) is 1.60. The topological polar surface area (TPSA) is 62.8 Å². The molecule has 0 saturated heterocycles. The van der Waals surface area contributed by atoms with E-state index in [1.165, 1.54) is 11.3 Å². The molecule has 2 aliphatic heterocycles. The first-order chi connectivity index (χ1) is 7.74. The van der Waals surface area contributed by atoms with Crippen molar-refractivity contribution in [1.29, 1.82) is 0 Å². The molecule has 0 spiro atoms. The summed E-state index contributed by atoms with van der Waals surface area (Å²) in [5, 5.41) is 1.46. The number of H-pyrrole nitrogens is 1. The maximum Gasteiger partial charge on any atom is 0.349 e. The maximum atomic E-state index is 11.6. The van der Waals surface area contributed by atoms with Crippen LogP contribution in [0.3, 0.4) is 0 Å². The molecule has 0 amide bonds. The number of fused-ring (bicyclic) bond motifs is 2. The van der Waals surface area contributed by atoms with Gasteiger partial charge in [0.1, 0.15) is 5.01 Å². The zero-order chi connectivity index (χ0) is 11.1. The lowest BCUT2D eigenvalue weighted by Gasteiger charge is -2.03. The van der Waals surface area contributed by atoms with Gasteiger partial charge in [0, 0.05) is 4.70 Å². The van der Waals surface area contributed by atoms with Gasteiger partial charge < -0.3 is 0 Å². The Kier molecular flexibility index (Phi) is 1.87. The summed E-state index contributed by atoms with van der Waals surface area (Å²) in [6.45, 7) is 0. The van der Waals surface area contributed by atoms with Gasteiger partial charge in [-0.1, -0.05) is 18.2 Å². The molecule has 0 saturated carbocycles. The fraction of sp³-hybridized carbons (Fsp3) is 0. The first kappa shape index (κ1) is 9.23. The van der Waals surface area contributed by atoms with E-state index >= 15 is 0 Å². The molecule has 0 bridgehead atoms. The summed E-state index contributed by atoms with van der Waals surface area (Å²) in [5.74, 6) is 0. The van der Waals surface area contributed by atoms with Crippen LogP contribution in [0.5, 0.6) is 0 Å². The number of aromatic amines is 1. The van der Waals surface area contributed by atoms with Crippen LogP contribution < -0.4 is 11.2 Å². The van der Waals surface area contributed by atoms with Gasteiger partial charge in [-0.25, -0.2) is 4.79 Å². The molecule has 0 aromatic heterocycles. The zero-order valence-corrected chi connectivity index (χ0v) is 8.88. The van der Waals surface area contributed by atoms with E-state index in [0.29, 0.717) is 10.6 Å². The Morgan fingerprint density at radius 3 is 2.88 bits per heavy atom. The number of hydrogen-bond acceptors (Lipinski definition) is 4. The summed E-state index contributed by atoms with van der Waals surface area (Å²) in [6.07, 6.45) is 0. The van der Waals surface area contributed by atoms with Crippen LogP contribution in [0.4, 0.5) is 0 Å². The van der Waals surface area contributed by atoms with Gasteiger partial charge in [-0.3, -0.25) is 9.78 Å². The van der Waals surface area contributed by atoms with E-state index in [4.69, 9.17) is 0 Å². The number of aromatic nitrogens is 2. The largest absolute Gasteiger partial charge is 0.349 e. The van der Waals surface area contributed by atoms with Gasteiger partial charge in [-0.2, -0.15) is 4.98 Å². The number of rotatable bonds is 0. The number of nitrogens with zero attached hydrogens (tertiary/aromatic N) is 1. The highest BCUT2D eigenvalue weighted by molar-refractivity contribution is 7.21. The third-order valence-corrected chi connectivity index (χ3v) is 3.42. The first-order valence-corrected chi connectivity index (χ1v) is 5.48. The Bertz CT molecular complexity index is 760. The van der Waals surface area contributed by atoms with Crippen molar-refractivity contribution < 1.29 is 0 Å². The predicted octanol–water partition coefficient (Wildman–Crippen LogP) is 1.45. The molecule has 3 rings (SSSR count). The Labute approximate surface area is 93.6 Å². The maximum absolute atomic E-state index is 11.6. The molecule has 16 heavy (non-hydrogen) atoms. The van der Waals surface area contributed by atoms with Gasteiger partial charge in [-0.15, -0.1) is 11.3 Å². The highest BCUT2D eigenvalue weighted by Crippen LogP contribution is 2.28. The Morgan fingerprint density at radius 1 is 1.19 bits per heavy atom. The summed E-state index contributed by atoms with van der Waals surface area (Å²) in [4.78, 5) is 28.6. The van der Waals surface area contributed by atoms with Gasteiger partial charge in [0.2, 0.25) is 0 Å². The molecular formula is C11H6N2O2S.